The molecule has 1 aromatic rings. The average molecular weight is 255 g/mol. The number of alkyl halides is 1. The van der Waals surface area contributed by atoms with E-state index in [-0.39, 0.29) is 23.6 Å². The fraction of sp³-hybridized carbons (Fsp3) is 0.385. The number of carbonyl (C=O) groups is 2. The second kappa shape index (κ2) is 6.40. The molecule has 0 aliphatic rings. The zero-order chi connectivity index (χ0) is 12.8. The van der Waals surface area contributed by atoms with Crippen LogP contribution in [0.5, 0.6) is 0 Å². The van der Waals surface area contributed by atoms with Crippen LogP contribution >= 0.6 is 11.6 Å². The molecule has 1 rings (SSSR count). The van der Waals surface area contributed by atoms with Gasteiger partial charge >= 0.3 is 5.97 Å². The summed E-state index contributed by atoms with van der Waals surface area (Å²) in [5, 5.41) is 0. The summed E-state index contributed by atoms with van der Waals surface area (Å²) in [7, 11) is 0. The van der Waals surface area contributed by atoms with Crippen molar-refractivity contribution in [1.29, 1.82) is 0 Å². The summed E-state index contributed by atoms with van der Waals surface area (Å²) in [5.74, 6) is -0.742. The molecule has 0 radical (unpaired) electrons. The number of hydrogen-bond acceptors (Lipinski definition) is 3. The molecule has 0 aromatic heterocycles. The van der Waals surface area contributed by atoms with Gasteiger partial charge in [-0.1, -0.05) is 24.3 Å². The Labute approximate surface area is 106 Å². The Hall–Kier alpha value is -1.35. The van der Waals surface area contributed by atoms with Crippen molar-refractivity contribution in [3.63, 3.8) is 0 Å². The molecule has 0 saturated heterocycles. The lowest BCUT2D eigenvalue weighted by Crippen LogP contribution is -2.13. The maximum Gasteiger partial charge on any atom is 0.313 e. The molecule has 0 heterocycles. The number of benzene rings is 1. The van der Waals surface area contributed by atoms with E-state index in [4.69, 9.17) is 16.3 Å². The minimum atomic E-state index is -0.324. The summed E-state index contributed by atoms with van der Waals surface area (Å²) in [4.78, 5) is 22.8. The number of rotatable bonds is 5. The molecule has 0 aliphatic carbocycles. The zero-order valence-corrected chi connectivity index (χ0v) is 10.7. The first-order valence-electron chi connectivity index (χ1n) is 5.46. The van der Waals surface area contributed by atoms with Gasteiger partial charge in [0.1, 0.15) is 0 Å². The highest BCUT2D eigenvalue weighted by Crippen LogP contribution is 2.17. The molecule has 0 fully saturated rings. The van der Waals surface area contributed by atoms with Gasteiger partial charge in [0.2, 0.25) is 0 Å². The third-order valence-electron chi connectivity index (χ3n) is 2.49. The number of halogens is 1. The van der Waals surface area contributed by atoms with Gasteiger partial charge in [-0.25, -0.2) is 0 Å². The van der Waals surface area contributed by atoms with Crippen molar-refractivity contribution >= 4 is 23.4 Å². The topological polar surface area (TPSA) is 43.4 Å². The van der Waals surface area contributed by atoms with Crippen LogP contribution in [-0.4, -0.2) is 24.2 Å². The third-order valence-corrected chi connectivity index (χ3v) is 2.74. The van der Waals surface area contributed by atoms with E-state index in [9.17, 15) is 9.59 Å². The van der Waals surface area contributed by atoms with Gasteiger partial charge in [0.05, 0.1) is 18.4 Å². The predicted octanol–water partition coefficient (Wildman–Crippen LogP) is 2.77. The maximum absolute atomic E-state index is 11.5. The van der Waals surface area contributed by atoms with Gasteiger partial charge in [0.15, 0.2) is 5.78 Å². The van der Waals surface area contributed by atoms with E-state index in [0.29, 0.717) is 12.2 Å². The van der Waals surface area contributed by atoms with Gasteiger partial charge in [0, 0.05) is 5.56 Å². The summed E-state index contributed by atoms with van der Waals surface area (Å²) in [6.45, 7) is 3.91. The highest BCUT2D eigenvalue weighted by molar-refractivity contribution is 6.30. The number of esters is 1. The Morgan fingerprint density at radius 1 is 1.29 bits per heavy atom. The van der Waals surface area contributed by atoms with Gasteiger partial charge < -0.3 is 4.74 Å². The standard InChI is InChI=1S/C13H15ClO3/c1-3-17-13(16)9(2)10-4-6-11(7-5-10)12(15)8-14/h4-7,9H,3,8H2,1-2H3. The summed E-state index contributed by atoms with van der Waals surface area (Å²) >= 11 is 5.46. The van der Waals surface area contributed by atoms with E-state index in [1.165, 1.54) is 0 Å². The second-order valence-electron chi connectivity index (χ2n) is 3.65. The predicted molar refractivity (Wildman–Crippen MR) is 66.5 cm³/mol. The van der Waals surface area contributed by atoms with Crippen LogP contribution in [0, 0.1) is 0 Å². The van der Waals surface area contributed by atoms with E-state index in [0.717, 1.165) is 5.56 Å². The molecule has 0 aliphatic heterocycles. The van der Waals surface area contributed by atoms with Crippen LogP contribution in [0.15, 0.2) is 24.3 Å². The van der Waals surface area contributed by atoms with Crippen molar-refractivity contribution in [2.24, 2.45) is 0 Å². The number of Topliss-reactive ketones (excluding diaryl/α,β-unsaturated/α-hetero) is 1. The number of ketones is 1. The molecule has 92 valence electrons. The minimum absolute atomic E-state index is 0.0349. The Morgan fingerprint density at radius 3 is 2.35 bits per heavy atom. The summed E-state index contributed by atoms with van der Waals surface area (Å²) in [5.41, 5.74) is 1.38. The molecular weight excluding hydrogens is 240 g/mol. The molecule has 1 atom stereocenters. The summed E-state index contributed by atoms with van der Waals surface area (Å²) in [6, 6.07) is 6.86. The highest BCUT2D eigenvalue weighted by Gasteiger charge is 2.16. The molecule has 0 bridgehead atoms. The first-order chi connectivity index (χ1) is 8.10. The van der Waals surface area contributed by atoms with Crippen LogP contribution in [0.3, 0.4) is 0 Å². The van der Waals surface area contributed by atoms with Crippen molar-refractivity contribution < 1.29 is 14.3 Å². The molecule has 0 N–H and O–H groups in total. The van der Waals surface area contributed by atoms with E-state index < -0.39 is 0 Å². The Bertz CT molecular complexity index is 398. The van der Waals surface area contributed by atoms with Crippen molar-refractivity contribution in [2.75, 3.05) is 12.5 Å². The monoisotopic (exact) mass is 254 g/mol. The fourth-order valence-electron chi connectivity index (χ4n) is 1.44. The quantitative estimate of drug-likeness (QED) is 0.461. The average Bonchev–Trinajstić information content (AvgIpc) is 2.37. The van der Waals surface area contributed by atoms with Crippen molar-refractivity contribution in [2.45, 2.75) is 19.8 Å². The largest absolute Gasteiger partial charge is 0.466 e. The third kappa shape index (κ3) is 3.56. The van der Waals surface area contributed by atoms with Gasteiger partial charge in [-0.2, -0.15) is 0 Å². The first-order valence-corrected chi connectivity index (χ1v) is 5.99. The SMILES string of the molecule is CCOC(=O)C(C)c1ccc(C(=O)CCl)cc1. The Kier molecular flexibility index (Phi) is 5.16. The lowest BCUT2D eigenvalue weighted by molar-refractivity contribution is -0.144. The number of ether oxygens (including phenoxy) is 1. The molecule has 1 aromatic carbocycles. The molecule has 0 saturated carbocycles. The van der Waals surface area contributed by atoms with Crippen molar-refractivity contribution in [1.82, 2.24) is 0 Å². The van der Waals surface area contributed by atoms with Crippen molar-refractivity contribution in [3.05, 3.63) is 35.4 Å². The van der Waals surface area contributed by atoms with E-state index in [2.05, 4.69) is 0 Å². The molecule has 17 heavy (non-hydrogen) atoms. The van der Waals surface area contributed by atoms with E-state index >= 15 is 0 Å². The lowest BCUT2D eigenvalue weighted by Gasteiger charge is -2.10. The number of carbonyl (C=O) groups excluding carboxylic acids is 2. The number of hydrogen-bond donors (Lipinski definition) is 0. The second-order valence-corrected chi connectivity index (χ2v) is 3.92. The first kappa shape index (κ1) is 13.7. The molecular formula is C13H15ClO3. The van der Waals surface area contributed by atoms with E-state index in [1.54, 1.807) is 38.1 Å². The van der Waals surface area contributed by atoms with Crippen molar-refractivity contribution in [3.8, 4) is 0 Å². The van der Waals surface area contributed by atoms with Gasteiger partial charge in [-0.15, -0.1) is 11.6 Å². The Balaban J connectivity index is 2.80. The molecule has 0 spiro atoms. The normalized spacial score (nSPS) is 11.9. The van der Waals surface area contributed by atoms with Crippen LogP contribution in [0.2, 0.25) is 0 Å². The van der Waals surface area contributed by atoms with Gasteiger partial charge in [-0.3, -0.25) is 9.59 Å². The van der Waals surface area contributed by atoms with Crippen LogP contribution in [-0.2, 0) is 9.53 Å². The minimum Gasteiger partial charge on any atom is -0.466 e. The van der Waals surface area contributed by atoms with E-state index in [1.807, 2.05) is 0 Å². The Morgan fingerprint density at radius 2 is 1.88 bits per heavy atom. The lowest BCUT2D eigenvalue weighted by atomic mass is 9.99. The molecule has 1 unspecified atom stereocenters. The van der Waals surface area contributed by atoms with Crippen LogP contribution < -0.4 is 0 Å². The maximum atomic E-state index is 11.5. The fourth-order valence-corrected chi connectivity index (χ4v) is 1.59. The molecule has 4 heteroatoms. The summed E-state index contributed by atoms with van der Waals surface area (Å²) in [6.07, 6.45) is 0. The van der Waals surface area contributed by atoms with Gasteiger partial charge in [-0.05, 0) is 19.4 Å². The van der Waals surface area contributed by atoms with Crippen LogP contribution in [0.25, 0.3) is 0 Å². The smallest absolute Gasteiger partial charge is 0.313 e. The molecule has 0 amide bonds. The highest BCUT2D eigenvalue weighted by atomic mass is 35.5. The van der Waals surface area contributed by atoms with Crippen LogP contribution in [0.4, 0.5) is 0 Å². The zero-order valence-electron chi connectivity index (χ0n) is 9.90. The van der Waals surface area contributed by atoms with Gasteiger partial charge in [0.25, 0.3) is 0 Å². The summed E-state index contributed by atoms with van der Waals surface area (Å²) < 4.78 is 4.93. The molecule has 3 nitrogen and oxygen atoms in total. The van der Waals surface area contributed by atoms with Crippen LogP contribution in [0.1, 0.15) is 35.7 Å².